The average Bonchev–Trinajstić information content (AvgIpc) is 3.55. The van der Waals surface area contributed by atoms with Gasteiger partial charge in [-0.05, 0) is 47.2 Å². The van der Waals surface area contributed by atoms with Gasteiger partial charge in [-0.1, -0.05) is 0 Å². The highest BCUT2D eigenvalue weighted by Gasteiger charge is 2.24. The zero-order chi connectivity index (χ0) is 16.8. The molecule has 0 amide bonds. The second-order valence-corrected chi connectivity index (χ2v) is 8.29. The maximum absolute atomic E-state index is 5.85. The quantitative estimate of drug-likeness (QED) is 0.604. The summed E-state index contributed by atoms with van der Waals surface area (Å²) in [6, 6.07) is 12.5. The number of benzene rings is 2. The third-order valence-electron chi connectivity index (χ3n) is 4.53. The Morgan fingerprint density at radius 1 is 0.880 bits per heavy atom. The summed E-state index contributed by atoms with van der Waals surface area (Å²) in [6.45, 7) is 2.82. The van der Waals surface area contributed by atoms with Crippen LogP contribution in [-0.2, 0) is 9.47 Å². The summed E-state index contributed by atoms with van der Waals surface area (Å²) in [5, 5.41) is 4.83. The van der Waals surface area contributed by atoms with Crippen LogP contribution >= 0.6 is 7.76 Å². The molecular weight excluding hydrogens is 339 g/mol. The van der Waals surface area contributed by atoms with E-state index in [4.69, 9.17) is 23.5 Å². The number of rotatable bonds is 7. The van der Waals surface area contributed by atoms with Gasteiger partial charge >= 0.3 is 0 Å². The smallest absolute Gasteiger partial charge is 0.120 e. The molecule has 3 aromatic rings. The van der Waals surface area contributed by atoms with E-state index >= 15 is 0 Å². The van der Waals surface area contributed by atoms with Crippen molar-refractivity contribution in [2.24, 2.45) is 0 Å². The number of ether oxygens (including phenoxy) is 4. The molecular formula is C19H19O5P. The second-order valence-electron chi connectivity index (χ2n) is 6.37. The highest BCUT2D eigenvalue weighted by atomic mass is 31.1. The monoisotopic (exact) mass is 358 g/mol. The molecule has 2 unspecified atom stereocenters. The van der Waals surface area contributed by atoms with Gasteiger partial charge < -0.3 is 23.5 Å². The van der Waals surface area contributed by atoms with E-state index in [1.807, 2.05) is 12.1 Å². The Morgan fingerprint density at radius 2 is 1.36 bits per heavy atom. The van der Waals surface area contributed by atoms with Crippen LogP contribution in [0.4, 0.5) is 0 Å². The molecule has 2 fully saturated rings. The summed E-state index contributed by atoms with van der Waals surface area (Å²) in [5.74, 6) is 1.74. The number of epoxide rings is 2. The van der Waals surface area contributed by atoms with Gasteiger partial charge in [0.25, 0.3) is 0 Å². The van der Waals surface area contributed by atoms with E-state index < -0.39 is 7.76 Å². The summed E-state index contributed by atoms with van der Waals surface area (Å²) in [7, 11) is 0.915. The van der Waals surface area contributed by atoms with Crippen LogP contribution in [0.1, 0.15) is 0 Å². The molecule has 2 saturated heterocycles. The SMILES string of the molecule is COp1c2cc(OCC3CO3)ccc2c2ccc(OCC3CO3)cc21. The third kappa shape index (κ3) is 3.09. The van der Waals surface area contributed by atoms with Gasteiger partial charge in [0.05, 0.1) is 13.2 Å². The van der Waals surface area contributed by atoms with Crippen molar-refractivity contribution >= 4 is 28.8 Å². The molecule has 5 nitrogen and oxygen atoms in total. The Labute approximate surface area is 146 Å². The van der Waals surface area contributed by atoms with Crippen LogP contribution in [0.2, 0.25) is 0 Å². The van der Waals surface area contributed by atoms with E-state index in [9.17, 15) is 0 Å². The minimum absolute atomic E-state index is 0.254. The molecule has 2 aliphatic rings. The van der Waals surface area contributed by atoms with E-state index in [-0.39, 0.29) is 12.2 Å². The lowest BCUT2D eigenvalue weighted by Gasteiger charge is -2.05. The Balaban J connectivity index is 1.52. The van der Waals surface area contributed by atoms with Gasteiger partial charge in [0, 0.05) is 25.1 Å². The summed E-state index contributed by atoms with van der Waals surface area (Å²) in [4.78, 5) is 0. The predicted octanol–water partition coefficient (Wildman–Crippen LogP) is 3.59. The van der Waals surface area contributed by atoms with E-state index in [1.165, 1.54) is 21.0 Å². The van der Waals surface area contributed by atoms with E-state index in [1.54, 1.807) is 7.11 Å². The van der Waals surface area contributed by atoms with E-state index in [0.717, 1.165) is 24.7 Å². The van der Waals surface area contributed by atoms with Gasteiger partial charge in [-0.3, -0.25) is 0 Å². The molecule has 0 aliphatic carbocycles. The second kappa shape index (κ2) is 6.19. The number of fused-ring (bicyclic) bond motifs is 3. The summed E-state index contributed by atoms with van der Waals surface area (Å²) in [6.07, 6.45) is 0.508. The molecule has 0 radical (unpaired) electrons. The third-order valence-corrected chi connectivity index (χ3v) is 6.51. The highest BCUT2D eigenvalue weighted by Crippen LogP contribution is 2.49. The molecule has 0 N–H and O–H groups in total. The molecule has 0 saturated carbocycles. The van der Waals surface area contributed by atoms with Crippen molar-refractivity contribution in [3.05, 3.63) is 36.4 Å². The average molecular weight is 358 g/mol. The first-order chi connectivity index (χ1) is 12.3. The zero-order valence-electron chi connectivity index (χ0n) is 13.9. The van der Waals surface area contributed by atoms with Crippen molar-refractivity contribution in [1.29, 1.82) is 0 Å². The fourth-order valence-electron chi connectivity index (χ4n) is 3.03. The Bertz CT molecular complexity index is 853. The van der Waals surface area contributed by atoms with Gasteiger partial charge in [0.2, 0.25) is 0 Å². The fraction of sp³-hybridized carbons (Fsp3) is 0.368. The molecule has 0 bridgehead atoms. The molecule has 2 aromatic carbocycles. The molecule has 2 aliphatic heterocycles. The van der Waals surface area contributed by atoms with Crippen molar-refractivity contribution in [1.82, 2.24) is 0 Å². The minimum Gasteiger partial charge on any atom is -0.491 e. The van der Waals surface area contributed by atoms with Gasteiger partial charge in [0.15, 0.2) is 0 Å². The first-order valence-electron chi connectivity index (χ1n) is 8.43. The molecule has 6 heteroatoms. The zero-order valence-corrected chi connectivity index (χ0v) is 14.8. The van der Waals surface area contributed by atoms with Crippen molar-refractivity contribution in [3.8, 4) is 11.5 Å². The molecule has 130 valence electrons. The molecule has 3 heterocycles. The van der Waals surface area contributed by atoms with Crippen LogP contribution < -0.4 is 14.0 Å². The number of hydrogen-bond donors (Lipinski definition) is 0. The summed E-state index contributed by atoms with van der Waals surface area (Å²) < 4.78 is 27.9. The minimum atomic E-state index is -0.850. The highest BCUT2D eigenvalue weighted by molar-refractivity contribution is 7.57. The van der Waals surface area contributed by atoms with Crippen molar-refractivity contribution in [3.63, 3.8) is 0 Å². The van der Waals surface area contributed by atoms with Crippen LogP contribution in [0.3, 0.4) is 0 Å². The van der Waals surface area contributed by atoms with E-state index in [0.29, 0.717) is 13.2 Å². The van der Waals surface area contributed by atoms with Crippen molar-refractivity contribution < 1.29 is 23.5 Å². The Hall–Kier alpha value is -1.78. The molecule has 0 spiro atoms. The summed E-state index contributed by atoms with van der Waals surface area (Å²) >= 11 is 0. The topological polar surface area (TPSA) is 52.8 Å². The normalized spacial score (nSPS) is 22.4. The Morgan fingerprint density at radius 3 is 1.76 bits per heavy atom. The van der Waals surface area contributed by atoms with Crippen molar-refractivity contribution in [2.75, 3.05) is 33.5 Å². The van der Waals surface area contributed by atoms with Crippen LogP contribution in [0.25, 0.3) is 21.0 Å². The van der Waals surface area contributed by atoms with Gasteiger partial charge in [-0.2, -0.15) is 0 Å². The Kier molecular flexibility index (Phi) is 3.83. The van der Waals surface area contributed by atoms with Crippen LogP contribution in [-0.4, -0.2) is 45.7 Å². The lowest BCUT2D eigenvalue weighted by atomic mass is 10.1. The summed E-state index contributed by atoms with van der Waals surface area (Å²) in [5.41, 5.74) is 0. The molecule has 2 atom stereocenters. The molecule has 25 heavy (non-hydrogen) atoms. The maximum atomic E-state index is 5.85. The first-order valence-corrected chi connectivity index (χ1v) is 9.69. The van der Waals surface area contributed by atoms with Crippen LogP contribution in [0, 0.1) is 0 Å². The molecule has 5 rings (SSSR count). The standard InChI is InChI=1S/C19H19O5P/c1-20-25-18-6-12(21-8-14-10-23-14)2-4-16(18)17-5-3-13(7-19(17)25)22-9-15-11-24-15/h2-7,14-15H,8-11H2,1H3. The van der Waals surface area contributed by atoms with Crippen LogP contribution in [0.15, 0.2) is 36.4 Å². The molecule has 1 aromatic heterocycles. The largest absolute Gasteiger partial charge is 0.491 e. The predicted molar refractivity (Wildman–Crippen MR) is 97.1 cm³/mol. The maximum Gasteiger partial charge on any atom is 0.120 e. The van der Waals surface area contributed by atoms with Gasteiger partial charge in [-0.15, -0.1) is 0 Å². The van der Waals surface area contributed by atoms with Crippen molar-refractivity contribution in [2.45, 2.75) is 12.2 Å². The van der Waals surface area contributed by atoms with E-state index in [2.05, 4.69) is 24.3 Å². The number of hydrogen-bond acceptors (Lipinski definition) is 5. The lowest BCUT2D eigenvalue weighted by Crippen LogP contribution is -2.03. The van der Waals surface area contributed by atoms with Crippen LogP contribution in [0.5, 0.6) is 11.5 Å². The first kappa shape index (κ1) is 15.5. The fourth-order valence-corrected chi connectivity index (χ4v) is 5.00. The van der Waals surface area contributed by atoms with Gasteiger partial charge in [-0.25, -0.2) is 0 Å². The van der Waals surface area contributed by atoms with Gasteiger partial charge in [0.1, 0.15) is 36.9 Å². The lowest BCUT2D eigenvalue weighted by molar-refractivity contribution is 0.263.